The van der Waals surface area contributed by atoms with Gasteiger partial charge in [0.05, 0.1) is 22.7 Å². The minimum Gasteiger partial charge on any atom is -0.391 e. The molecule has 130 valence electrons. The van der Waals surface area contributed by atoms with E-state index in [9.17, 15) is 9.90 Å². The molecule has 1 aliphatic rings. The number of β-amino-alcohol motifs (C(OH)–C–C–N with tert-alkyl or cyclic N) is 1. The Hall–Kier alpha value is -3.19. The van der Waals surface area contributed by atoms with Crippen LogP contribution >= 0.6 is 0 Å². The molecule has 4 aromatic rings. The summed E-state index contributed by atoms with van der Waals surface area (Å²) < 4.78 is 0. The lowest BCUT2D eigenvalue weighted by molar-refractivity contribution is 0.0765. The Balaban J connectivity index is 1.52. The van der Waals surface area contributed by atoms with Crippen molar-refractivity contribution in [1.82, 2.24) is 25.1 Å². The van der Waals surface area contributed by atoms with Crippen LogP contribution in [-0.2, 0) is 0 Å². The third-order valence-corrected chi connectivity index (χ3v) is 4.87. The maximum atomic E-state index is 12.6. The summed E-state index contributed by atoms with van der Waals surface area (Å²) in [6.07, 6.45) is 0.211. The Morgan fingerprint density at radius 1 is 1.19 bits per heavy atom. The highest BCUT2D eigenvalue weighted by Gasteiger charge is 2.25. The van der Waals surface area contributed by atoms with E-state index in [4.69, 9.17) is 0 Å². The fraction of sp³-hybridized carbons (Fsp3) is 0.211. The number of hydrogen-bond acceptors (Lipinski definition) is 4. The summed E-state index contributed by atoms with van der Waals surface area (Å²) >= 11 is 0. The van der Waals surface area contributed by atoms with Crippen LogP contribution in [0.25, 0.3) is 33.5 Å². The second-order valence-corrected chi connectivity index (χ2v) is 6.63. The molecule has 2 aromatic heterocycles. The van der Waals surface area contributed by atoms with Crippen molar-refractivity contribution in [2.45, 2.75) is 12.5 Å². The SMILES string of the molecule is O=C(c1ccc2c(-c3nc4ccccc4[nH]3)n[nH]c2c1)N1CCC(O)C1. The van der Waals surface area contributed by atoms with Gasteiger partial charge in [0.1, 0.15) is 5.69 Å². The summed E-state index contributed by atoms with van der Waals surface area (Å²) in [4.78, 5) is 22.1. The van der Waals surface area contributed by atoms with Crippen molar-refractivity contribution < 1.29 is 9.90 Å². The Labute approximate surface area is 148 Å². The molecule has 1 unspecified atom stereocenters. The number of benzene rings is 2. The Bertz CT molecular complexity index is 1100. The number of carbonyl (C=O) groups excluding carboxylic acids is 1. The van der Waals surface area contributed by atoms with E-state index in [1.807, 2.05) is 36.4 Å². The number of likely N-dealkylation sites (tertiary alicyclic amines) is 1. The van der Waals surface area contributed by atoms with Gasteiger partial charge in [0, 0.05) is 24.0 Å². The van der Waals surface area contributed by atoms with E-state index in [1.165, 1.54) is 0 Å². The molecule has 0 radical (unpaired) electrons. The molecular weight excluding hydrogens is 330 g/mol. The molecule has 0 bridgehead atoms. The lowest BCUT2D eigenvalue weighted by Gasteiger charge is -2.15. The maximum absolute atomic E-state index is 12.6. The molecule has 1 fully saturated rings. The number of amides is 1. The number of hydrogen-bond donors (Lipinski definition) is 3. The monoisotopic (exact) mass is 347 g/mol. The van der Waals surface area contributed by atoms with Gasteiger partial charge >= 0.3 is 0 Å². The van der Waals surface area contributed by atoms with Crippen LogP contribution in [0.5, 0.6) is 0 Å². The number of carbonyl (C=O) groups is 1. The fourth-order valence-electron chi connectivity index (χ4n) is 3.51. The zero-order valence-corrected chi connectivity index (χ0v) is 13.9. The van der Waals surface area contributed by atoms with E-state index in [2.05, 4.69) is 20.2 Å². The lowest BCUT2D eigenvalue weighted by Crippen LogP contribution is -2.29. The van der Waals surface area contributed by atoms with Crippen LogP contribution in [0.2, 0.25) is 0 Å². The van der Waals surface area contributed by atoms with Gasteiger partial charge in [-0.2, -0.15) is 5.10 Å². The number of H-pyrrole nitrogens is 2. The zero-order chi connectivity index (χ0) is 17.7. The highest BCUT2D eigenvalue weighted by atomic mass is 16.3. The molecule has 0 saturated carbocycles. The van der Waals surface area contributed by atoms with Crippen molar-refractivity contribution >= 4 is 27.8 Å². The number of imidazole rings is 1. The summed E-state index contributed by atoms with van der Waals surface area (Å²) in [7, 11) is 0. The van der Waals surface area contributed by atoms with Crippen LogP contribution in [0, 0.1) is 0 Å². The predicted octanol–water partition coefficient (Wildman–Crippen LogP) is 2.31. The fourth-order valence-corrected chi connectivity index (χ4v) is 3.51. The van der Waals surface area contributed by atoms with Crippen molar-refractivity contribution in [2.24, 2.45) is 0 Å². The zero-order valence-electron chi connectivity index (χ0n) is 13.9. The number of aliphatic hydroxyl groups excluding tert-OH is 1. The van der Waals surface area contributed by atoms with Gasteiger partial charge in [-0.25, -0.2) is 4.98 Å². The second kappa shape index (κ2) is 5.67. The van der Waals surface area contributed by atoms with Gasteiger partial charge in [0.2, 0.25) is 0 Å². The normalized spacial score (nSPS) is 17.4. The number of nitrogens with one attached hydrogen (secondary N) is 2. The molecule has 1 atom stereocenters. The molecular formula is C19H17N5O2. The Kier molecular flexibility index (Phi) is 3.29. The van der Waals surface area contributed by atoms with Gasteiger partial charge < -0.3 is 15.0 Å². The molecule has 1 amide bonds. The van der Waals surface area contributed by atoms with Gasteiger partial charge in [0.15, 0.2) is 5.82 Å². The van der Waals surface area contributed by atoms with E-state index in [0.29, 0.717) is 30.9 Å². The topological polar surface area (TPSA) is 97.9 Å². The maximum Gasteiger partial charge on any atom is 0.254 e. The number of nitrogens with zero attached hydrogens (tertiary/aromatic N) is 3. The molecule has 7 nitrogen and oxygen atoms in total. The van der Waals surface area contributed by atoms with Gasteiger partial charge in [-0.3, -0.25) is 9.89 Å². The van der Waals surface area contributed by atoms with Crippen molar-refractivity contribution in [1.29, 1.82) is 0 Å². The molecule has 0 spiro atoms. The first-order chi connectivity index (χ1) is 12.7. The highest BCUT2D eigenvalue weighted by molar-refractivity contribution is 6.00. The number of aliphatic hydroxyl groups is 1. The molecule has 26 heavy (non-hydrogen) atoms. The van der Waals surface area contributed by atoms with E-state index in [-0.39, 0.29) is 5.91 Å². The Morgan fingerprint density at radius 3 is 2.88 bits per heavy atom. The first-order valence-electron chi connectivity index (χ1n) is 8.59. The average Bonchev–Trinajstić information content (AvgIpc) is 3.37. The third kappa shape index (κ3) is 2.36. The Morgan fingerprint density at radius 2 is 2.08 bits per heavy atom. The molecule has 3 N–H and O–H groups in total. The smallest absolute Gasteiger partial charge is 0.254 e. The van der Waals surface area contributed by atoms with Gasteiger partial charge in [-0.15, -0.1) is 0 Å². The number of aromatic nitrogens is 4. The number of fused-ring (bicyclic) bond motifs is 2. The van der Waals surface area contributed by atoms with Crippen molar-refractivity contribution in [3.63, 3.8) is 0 Å². The van der Waals surface area contributed by atoms with E-state index in [1.54, 1.807) is 11.0 Å². The van der Waals surface area contributed by atoms with Gasteiger partial charge in [0.25, 0.3) is 5.91 Å². The minimum absolute atomic E-state index is 0.0664. The van der Waals surface area contributed by atoms with E-state index < -0.39 is 6.10 Å². The molecule has 3 heterocycles. The minimum atomic E-state index is -0.422. The lowest BCUT2D eigenvalue weighted by atomic mass is 10.1. The molecule has 1 saturated heterocycles. The van der Waals surface area contributed by atoms with Crippen molar-refractivity contribution in [3.05, 3.63) is 48.0 Å². The third-order valence-electron chi connectivity index (χ3n) is 4.87. The van der Waals surface area contributed by atoms with Crippen LogP contribution in [-0.4, -0.2) is 55.3 Å². The largest absolute Gasteiger partial charge is 0.391 e. The van der Waals surface area contributed by atoms with Crippen molar-refractivity contribution in [2.75, 3.05) is 13.1 Å². The molecule has 0 aliphatic carbocycles. The highest BCUT2D eigenvalue weighted by Crippen LogP contribution is 2.27. The summed E-state index contributed by atoms with van der Waals surface area (Å²) in [5.74, 6) is 0.627. The second-order valence-electron chi connectivity index (χ2n) is 6.63. The van der Waals surface area contributed by atoms with Crippen LogP contribution in [0.15, 0.2) is 42.5 Å². The first-order valence-corrected chi connectivity index (χ1v) is 8.59. The number of para-hydroxylation sites is 2. The van der Waals surface area contributed by atoms with E-state index >= 15 is 0 Å². The molecule has 5 rings (SSSR count). The quantitative estimate of drug-likeness (QED) is 0.518. The first kappa shape index (κ1) is 15.1. The van der Waals surface area contributed by atoms with Gasteiger partial charge in [-0.05, 0) is 36.8 Å². The van der Waals surface area contributed by atoms with Gasteiger partial charge in [-0.1, -0.05) is 12.1 Å². The summed E-state index contributed by atoms with van der Waals surface area (Å²) in [6, 6.07) is 13.3. The summed E-state index contributed by atoms with van der Waals surface area (Å²) in [5.41, 5.74) is 3.94. The number of rotatable bonds is 2. The summed E-state index contributed by atoms with van der Waals surface area (Å²) in [6.45, 7) is 0.981. The average molecular weight is 347 g/mol. The van der Waals surface area contributed by atoms with Crippen LogP contribution in [0.1, 0.15) is 16.8 Å². The molecule has 1 aliphatic heterocycles. The van der Waals surface area contributed by atoms with Crippen LogP contribution < -0.4 is 0 Å². The van der Waals surface area contributed by atoms with Crippen LogP contribution in [0.4, 0.5) is 0 Å². The van der Waals surface area contributed by atoms with Crippen LogP contribution in [0.3, 0.4) is 0 Å². The molecule has 2 aromatic carbocycles. The standard InChI is InChI=1S/C19H17N5O2/c25-12-7-8-24(10-12)19(26)11-5-6-13-16(9-11)22-23-17(13)18-20-14-3-1-2-4-15(14)21-18/h1-6,9,12,25H,7-8,10H2,(H,20,21)(H,22,23). The summed E-state index contributed by atoms with van der Waals surface area (Å²) in [5, 5.41) is 17.9. The number of aromatic amines is 2. The predicted molar refractivity (Wildman–Crippen MR) is 97.7 cm³/mol. The van der Waals surface area contributed by atoms with E-state index in [0.717, 1.165) is 27.6 Å². The molecule has 7 heteroatoms. The van der Waals surface area contributed by atoms with Crippen molar-refractivity contribution in [3.8, 4) is 11.5 Å².